The molecule has 1 saturated heterocycles. The van der Waals surface area contributed by atoms with Gasteiger partial charge in [-0.05, 0) is 85.1 Å². The van der Waals surface area contributed by atoms with E-state index in [0.717, 1.165) is 37.3 Å². The number of nitro groups is 1. The third-order valence-electron chi connectivity index (χ3n) is 7.88. The van der Waals surface area contributed by atoms with Crippen LogP contribution >= 0.6 is 0 Å². The van der Waals surface area contributed by atoms with Crippen LogP contribution in [0.4, 0.5) is 22.7 Å². The Morgan fingerprint density at radius 1 is 0.932 bits per heavy atom. The van der Waals surface area contributed by atoms with Gasteiger partial charge in [-0.3, -0.25) is 29.5 Å². The number of likely N-dealkylation sites (tertiary alicyclic amines) is 1. The maximum absolute atomic E-state index is 13.4. The van der Waals surface area contributed by atoms with Gasteiger partial charge in [-0.15, -0.1) is 0 Å². The van der Waals surface area contributed by atoms with E-state index in [1.54, 1.807) is 18.2 Å². The minimum absolute atomic E-state index is 0.121. The number of fused-ring (bicyclic) bond motifs is 1. The fraction of sp³-hybridized carbons (Fsp3) is 0.212. The molecular formula is C33H31N5O5S. The van der Waals surface area contributed by atoms with Crippen LogP contribution < -0.4 is 10.0 Å². The van der Waals surface area contributed by atoms with Gasteiger partial charge in [0.2, 0.25) is 5.91 Å². The second-order valence-corrected chi connectivity index (χ2v) is 12.6. The lowest BCUT2D eigenvalue weighted by Crippen LogP contribution is -2.28. The molecule has 0 aromatic heterocycles. The third-order valence-corrected chi connectivity index (χ3v) is 9.27. The van der Waals surface area contributed by atoms with E-state index in [4.69, 9.17) is 4.99 Å². The molecule has 6 rings (SSSR count). The molecule has 0 bridgehead atoms. The summed E-state index contributed by atoms with van der Waals surface area (Å²) in [5, 5.41) is 13.9. The first kappa shape index (κ1) is 29.2. The molecule has 0 radical (unpaired) electrons. The predicted molar refractivity (Wildman–Crippen MR) is 170 cm³/mol. The molecule has 224 valence electrons. The monoisotopic (exact) mass is 609 g/mol. The van der Waals surface area contributed by atoms with Gasteiger partial charge in [-0.25, -0.2) is 8.42 Å². The number of non-ortho nitro benzene ring substituents is 1. The average molecular weight is 610 g/mol. The molecule has 1 amide bonds. The van der Waals surface area contributed by atoms with Crippen LogP contribution in [0.5, 0.6) is 0 Å². The largest absolute Gasteiger partial charge is 0.325 e. The summed E-state index contributed by atoms with van der Waals surface area (Å²) < 4.78 is 28.7. The van der Waals surface area contributed by atoms with Crippen molar-refractivity contribution >= 4 is 44.4 Å². The number of piperidine rings is 1. The van der Waals surface area contributed by atoms with Crippen LogP contribution in [0.15, 0.2) is 107 Å². The number of anilines is 2. The zero-order chi connectivity index (χ0) is 30.7. The number of rotatable bonds is 9. The van der Waals surface area contributed by atoms with Crippen LogP contribution in [0.1, 0.15) is 41.9 Å². The molecule has 2 N–H and O–H groups in total. The van der Waals surface area contributed by atoms with Gasteiger partial charge in [0.25, 0.3) is 15.7 Å². The highest BCUT2D eigenvalue weighted by molar-refractivity contribution is 7.92. The van der Waals surface area contributed by atoms with Crippen molar-refractivity contribution in [3.05, 3.63) is 124 Å². The SMILES string of the molecule is O=C1Nc2ccc(NS(=O)(=O)c3ccc([N+](=O)[O-])cc3)cc2C1C(=Nc1ccc(CN2CCCCC2)cc1)c1ccccc1. The predicted octanol–water partition coefficient (Wildman–Crippen LogP) is 6.24. The molecule has 0 spiro atoms. The molecule has 1 fully saturated rings. The Morgan fingerprint density at radius 2 is 1.64 bits per heavy atom. The number of carbonyl (C=O) groups is 1. The van der Waals surface area contributed by atoms with Gasteiger partial charge in [0.15, 0.2) is 0 Å². The summed E-state index contributed by atoms with van der Waals surface area (Å²) in [7, 11) is -4.05. The lowest BCUT2D eigenvalue weighted by Gasteiger charge is -2.26. The van der Waals surface area contributed by atoms with Crippen molar-refractivity contribution in [3.8, 4) is 0 Å². The van der Waals surface area contributed by atoms with E-state index in [2.05, 4.69) is 27.1 Å². The Labute approximate surface area is 255 Å². The molecule has 2 aliphatic rings. The van der Waals surface area contributed by atoms with Gasteiger partial charge in [0.05, 0.1) is 21.2 Å². The number of nitrogens with one attached hydrogen (secondary N) is 2. The summed E-state index contributed by atoms with van der Waals surface area (Å²) in [6.45, 7) is 3.12. The molecule has 11 heteroatoms. The first-order valence-electron chi connectivity index (χ1n) is 14.4. The zero-order valence-electron chi connectivity index (χ0n) is 23.8. The number of aliphatic imine (C=N–C) groups is 1. The van der Waals surface area contributed by atoms with Crippen LogP contribution in [0.25, 0.3) is 0 Å². The highest BCUT2D eigenvalue weighted by atomic mass is 32.2. The zero-order valence-corrected chi connectivity index (χ0v) is 24.7. The Kier molecular flexibility index (Phi) is 8.23. The van der Waals surface area contributed by atoms with Gasteiger partial charge in [-0.1, -0.05) is 48.9 Å². The smallest absolute Gasteiger partial charge is 0.269 e. The Hall–Kier alpha value is -4.87. The summed E-state index contributed by atoms with van der Waals surface area (Å²) in [6, 6.07) is 27.0. The van der Waals surface area contributed by atoms with Crippen molar-refractivity contribution in [3.63, 3.8) is 0 Å². The first-order valence-corrected chi connectivity index (χ1v) is 15.9. The van der Waals surface area contributed by atoms with Crippen molar-refractivity contribution in [2.75, 3.05) is 23.1 Å². The molecule has 4 aromatic rings. The number of nitro benzene ring substituents is 1. The van der Waals surface area contributed by atoms with Crippen LogP contribution in [-0.4, -0.2) is 42.9 Å². The van der Waals surface area contributed by atoms with Crippen molar-refractivity contribution in [1.29, 1.82) is 0 Å². The summed E-state index contributed by atoms with van der Waals surface area (Å²) in [6.07, 6.45) is 3.75. The van der Waals surface area contributed by atoms with E-state index in [1.165, 1.54) is 37.0 Å². The summed E-state index contributed by atoms with van der Waals surface area (Å²) >= 11 is 0. The van der Waals surface area contributed by atoms with E-state index in [9.17, 15) is 23.3 Å². The van der Waals surface area contributed by atoms with Crippen molar-refractivity contribution < 1.29 is 18.1 Å². The summed E-state index contributed by atoms with van der Waals surface area (Å²) in [5.74, 6) is -1.05. The highest BCUT2D eigenvalue weighted by Crippen LogP contribution is 2.38. The topological polar surface area (TPSA) is 134 Å². The summed E-state index contributed by atoms with van der Waals surface area (Å²) in [4.78, 5) is 31.1. The first-order chi connectivity index (χ1) is 21.3. The van der Waals surface area contributed by atoms with Crippen LogP contribution in [0.3, 0.4) is 0 Å². The molecule has 0 aliphatic carbocycles. The number of benzene rings is 4. The fourth-order valence-electron chi connectivity index (χ4n) is 5.65. The molecule has 10 nitrogen and oxygen atoms in total. The maximum Gasteiger partial charge on any atom is 0.269 e. The van der Waals surface area contributed by atoms with Crippen molar-refractivity contribution in [2.45, 2.75) is 36.6 Å². The maximum atomic E-state index is 13.4. The minimum atomic E-state index is -4.05. The Balaban J connectivity index is 1.31. The van der Waals surface area contributed by atoms with E-state index >= 15 is 0 Å². The lowest BCUT2D eigenvalue weighted by molar-refractivity contribution is -0.384. The van der Waals surface area contributed by atoms with Crippen molar-refractivity contribution in [1.82, 2.24) is 4.90 Å². The number of hydrogen-bond donors (Lipinski definition) is 2. The molecule has 1 atom stereocenters. The average Bonchev–Trinajstić information content (AvgIpc) is 3.36. The molecule has 1 unspecified atom stereocenters. The number of hydrogen-bond acceptors (Lipinski definition) is 7. The lowest BCUT2D eigenvalue weighted by atomic mass is 9.90. The van der Waals surface area contributed by atoms with Crippen LogP contribution in [0.2, 0.25) is 0 Å². The van der Waals surface area contributed by atoms with Crippen molar-refractivity contribution in [2.24, 2.45) is 4.99 Å². The van der Waals surface area contributed by atoms with E-state index < -0.39 is 20.9 Å². The molecule has 4 aromatic carbocycles. The number of carbonyl (C=O) groups excluding carboxylic acids is 1. The standard InChI is InChI=1S/C33H31N5O5S/c39-33-31(29-21-26(13-18-30(29)35-33)36-44(42,43)28-16-14-27(15-17-28)38(40)41)32(24-7-3-1-4-8-24)34-25-11-9-23(10-12-25)22-37-19-5-2-6-20-37/h1,3-4,7-18,21,31,36H,2,5-6,19-20,22H2,(H,35,39). The Bertz CT molecular complexity index is 1820. The third kappa shape index (κ3) is 6.38. The van der Waals surface area contributed by atoms with E-state index in [1.807, 2.05) is 42.5 Å². The number of nitrogens with zero attached hydrogens (tertiary/aromatic N) is 3. The molecule has 0 saturated carbocycles. The van der Waals surface area contributed by atoms with E-state index in [-0.39, 0.29) is 22.2 Å². The molecule has 2 heterocycles. The van der Waals surface area contributed by atoms with Gasteiger partial charge < -0.3 is 5.32 Å². The normalized spacial score (nSPS) is 17.1. The second-order valence-electron chi connectivity index (χ2n) is 10.9. The summed E-state index contributed by atoms with van der Waals surface area (Å²) in [5.41, 5.74) is 4.43. The molecule has 44 heavy (non-hydrogen) atoms. The Morgan fingerprint density at radius 3 is 2.32 bits per heavy atom. The second kappa shape index (κ2) is 12.4. The van der Waals surface area contributed by atoms with E-state index in [0.29, 0.717) is 22.6 Å². The molecular weight excluding hydrogens is 578 g/mol. The molecule has 2 aliphatic heterocycles. The highest BCUT2D eigenvalue weighted by Gasteiger charge is 2.36. The fourth-order valence-corrected chi connectivity index (χ4v) is 6.70. The van der Waals surface area contributed by atoms with Gasteiger partial charge >= 0.3 is 0 Å². The number of amides is 1. The van der Waals surface area contributed by atoms with Gasteiger partial charge in [0.1, 0.15) is 5.92 Å². The minimum Gasteiger partial charge on any atom is -0.325 e. The van der Waals surface area contributed by atoms with Gasteiger partial charge in [0, 0.05) is 30.1 Å². The van der Waals surface area contributed by atoms with Gasteiger partial charge in [-0.2, -0.15) is 0 Å². The quantitative estimate of drug-likeness (QED) is 0.131. The van der Waals surface area contributed by atoms with Crippen LogP contribution in [0, 0.1) is 10.1 Å². The number of sulfonamides is 1. The van der Waals surface area contributed by atoms with Crippen LogP contribution in [-0.2, 0) is 21.4 Å².